The smallest absolute Gasteiger partial charge is 0.119 e. The van der Waals surface area contributed by atoms with Gasteiger partial charge < -0.3 is 9.64 Å². The number of piperidine rings is 1. The molecule has 0 N–H and O–H groups in total. The predicted molar refractivity (Wildman–Crippen MR) is 71.4 cm³/mol. The van der Waals surface area contributed by atoms with Crippen LogP contribution in [0.2, 0.25) is 0 Å². The minimum Gasteiger partial charge on any atom is -0.493 e. The summed E-state index contributed by atoms with van der Waals surface area (Å²) in [6.45, 7) is 6.82. The van der Waals surface area contributed by atoms with Crippen molar-refractivity contribution in [3.63, 3.8) is 0 Å². The summed E-state index contributed by atoms with van der Waals surface area (Å²) in [5, 5.41) is 0. The van der Waals surface area contributed by atoms with E-state index in [1.807, 2.05) is 30.3 Å². The Hall–Kier alpha value is -1.02. The SMILES string of the molecule is CC(COc1ccccc1)CN1CCCCC1. The van der Waals surface area contributed by atoms with Crippen molar-refractivity contribution in [2.24, 2.45) is 5.92 Å². The van der Waals surface area contributed by atoms with Gasteiger partial charge in [0.15, 0.2) is 0 Å². The van der Waals surface area contributed by atoms with Crippen LogP contribution in [0, 0.1) is 5.92 Å². The van der Waals surface area contributed by atoms with Crippen molar-refractivity contribution in [2.75, 3.05) is 26.2 Å². The van der Waals surface area contributed by atoms with Crippen LogP contribution in [0.1, 0.15) is 26.2 Å². The van der Waals surface area contributed by atoms with Crippen LogP contribution in [0.5, 0.6) is 5.75 Å². The van der Waals surface area contributed by atoms with Crippen LogP contribution in [0.4, 0.5) is 0 Å². The van der Waals surface area contributed by atoms with E-state index in [-0.39, 0.29) is 0 Å². The molecular weight excluding hydrogens is 210 g/mol. The fourth-order valence-electron chi connectivity index (χ4n) is 2.39. The standard InChI is InChI=1S/C15H23NO/c1-14(12-16-10-6-3-7-11-16)13-17-15-8-4-2-5-9-15/h2,4-5,8-9,14H,3,6-7,10-13H2,1H3. The fourth-order valence-corrected chi connectivity index (χ4v) is 2.39. The second kappa shape index (κ2) is 6.65. The van der Waals surface area contributed by atoms with E-state index in [9.17, 15) is 0 Å². The van der Waals surface area contributed by atoms with Crippen LogP contribution in [0.15, 0.2) is 30.3 Å². The number of likely N-dealkylation sites (tertiary alicyclic amines) is 1. The molecule has 2 nitrogen and oxygen atoms in total. The number of ether oxygens (including phenoxy) is 1. The quantitative estimate of drug-likeness (QED) is 0.774. The maximum atomic E-state index is 5.78. The highest BCUT2D eigenvalue weighted by molar-refractivity contribution is 5.20. The highest BCUT2D eigenvalue weighted by atomic mass is 16.5. The highest BCUT2D eigenvalue weighted by Crippen LogP contribution is 2.13. The summed E-state index contributed by atoms with van der Waals surface area (Å²) in [5.74, 6) is 1.59. The lowest BCUT2D eigenvalue weighted by Gasteiger charge is -2.29. The first-order valence-corrected chi connectivity index (χ1v) is 6.75. The van der Waals surface area contributed by atoms with Gasteiger partial charge in [0.1, 0.15) is 5.75 Å². The van der Waals surface area contributed by atoms with Gasteiger partial charge in [0.25, 0.3) is 0 Å². The normalized spacial score (nSPS) is 18.9. The molecule has 1 heterocycles. The first kappa shape index (κ1) is 12.4. The molecule has 0 bridgehead atoms. The Kier molecular flexibility index (Phi) is 4.87. The molecule has 1 atom stereocenters. The molecule has 1 unspecified atom stereocenters. The predicted octanol–water partition coefficient (Wildman–Crippen LogP) is 3.19. The van der Waals surface area contributed by atoms with E-state index in [0.29, 0.717) is 5.92 Å². The second-order valence-corrected chi connectivity index (χ2v) is 5.09. The largest absolute Gasteiger partial charge is 0.493 e. The third-order valence-corrected chi connectivity index (χ3v) is 3.30. The Labute approximate surface area is 105 Å². The molecule has 0 aliphatic carbocycles. The first-order chi connectivity index (χ1) is 8.34. The van der Waals surface area contributed by atoms with Crippen LogP contribution in [-0.2, 0) is 0 Å². The van der Waals surface area contributed by atoms with Crippen LogP contribution < -0.4 is 4.74 Å². The van der Waals surface area contributed by atoms with Crippen molar-refractivity contribution < 1.29 is 4.74 Å². The zero-order chi connectivity index (χ0) is 11.9. The van der Waals surface area contributed by atoms with Gasteiger partial charge in [-0.25, -0.2) is 0 Å². The Morgan fingerprint density at radius 2 is 1.82 bits per heavy atom. The average molecular weight is 233 g/mol. The Morgan fingerprint density at radius 3 is 2.53 bits per heavy atom. The zero-order valence-corrected chi connectivity index (χ0v) is 10.8. The van der Waals surface area contributed by atoms with Crippen molar-refractivity contribution >= 4 is 0 Å². The molecule has 0 spiro atoms. The Bertz CT molecular complexity index is 306. The molecule has 1 aromatic rings. The van der Waals surface area contributed by atoms with Gasteiger partial charge in [-0.2, -0.15) is 0 Å². The van der Waals surface area contributed by atoms with E-state index in [4.69, 9.17) is 4.74 Å². The molecule has 0 amide bonds. The van der Waals surface area contributed by atoms with Crippen LogP contribution in [-0.4, -0.2) is 31.1 Å². The lowest BCUT2D eigenvalue weighted by atomic mass is 10.1. The first-order valence-electron chi connectivity index (χ1n) is 6.75. The van der Waals surface area contributed by atoms with E-state index in [0.717, 1.165) is 12.4 Å². The summed E-state index contributed by atoms with van der Waals surface area (Å²) in [6, 6.07) is 10.1. The van der Waals surface area contributed by atoms with E-state index in [1.54, 1.807) is 0 Å². The number of hydrogen-bond donors (Lipinski definition) is 0. The van der Waals surface area contributed by atoms with Crippen molar-refractivity contribution in [3.05, 3.63) is 30.3 Å². The van der Waals surface area contributed by atoms with Gasteiger partial charge in [-0.05, 0) is 38.1 Å². The van der Waals surface area contributed by atoms with Gasteiger partial charge >= 0.3 is 0 Å². The molecule has 1 saturated heterocycles. The van der Waals surface area contributed by atoms with Gasteiger partial charge in [-0.15, -0.1) is 0 Å². The third kappa shape index (κ3) is 4.39. The van der Waals surface area contributed by atoms with Crippen LogP contribution in [0.3, 0.4) is 0 Å². The summed E-state index contributed by atoms with van der Waals surface area (Å²) in [5.41, 5.74) is 0. The van der Waals surface area contributed by atoms with E-state index < -0.39 is 0 Å². The molecule has 1 aromatic carbocycles. The molecule has 1 aliphatic rings. The van der Waals surface area contributed by atoms with Gasteiger partial charge in [0, 0.05) is 12.5 Å². The number of nitrogens with zero attached hydrogens (tertiary/aromatic N) is 1. The number of rotatable bonds is 5. The lowest BCUT2D eigenvalue weighted by molar-refractivity contribution is 0.165. The fraction of sp³-hybridized carbons (Fsp3) is 0.600. The van der Waals surface area contributed by atoms with Gasteiger partial charge in [-0.1, -0.05) is 31.5 Å². The van der Waals surface area contributed by atoms with Crippen molar-refractivity contribution in [3.8, 4) is 5.75 Å². The maximum Gasteiger partial charge on any atom is 0.119 e. The third-order valence-electron chi connectivity index (χ3n) is 3.30. The monoisotopic (exact) mass is 233 g/mol. The van der Waals surface area contributed by atoms with Gasteiger partial charge in [-0.3, -0.25) is 0 Å². The Morgan fingerprint density at radius 1 is 1.12 bits per heavy atom. The summed E-state index contributed by atoms with van der Waals surface area (Å²) in [4.78, 5) is 2.57. The van der Waals surface area contributed by atoms with E-state index in [2.05, 4.69) is 11.8 Å². The second-order valence-electron chi connectivity index (χ2n) is 5.09. The molecule has 0 saturated carbocycles. The summed E-state index contributed by atoms with van der Waals surface area (Å²) in [6.07, 6.45) is 4.14. The van der Waals surface area contributed by atoms with Crippen LogP contribution >= 0.6 is 0 Å². The van der Waals surface area contributed by atoms with Gasteiger partial charge in [0.05, 0.1) is 6.61 Å². The summed E-state index contributed by atoms with van der Waals surface area (Å²) in [7, 11) is 0. The highest BCUT2D eigenvalue weighted by Gasteiger charge is 2.13. The molecule has 0 aromatic heterocycles. The molecule has 0 radical (unpaired) electrons. The molecule has 1 aliphatic heterocycles. The van der Waals surface area contributed by atoms with Crippen molar-refractivity contribution in [1.29, 1.82) is 0 Å². The van der Waals surface area contributed by atoms with Gasteiger partial charge in [0.2, 0.25) is 0 Å². The van der Waals surface area contributed by atoms with E-state index >= 15 is 0 Å². The molecule has 94 valence electrons. The summed E-state index contributed by atoms with van der Waals surface area (Å²) >= 11 is 0. The number of para-hydroxylation sites is 1. The summed E-state index contributed by atoms with van der Waals surface area (Å²) < 4.78 is 5.78. The lowest BCUT2D eigenvalue weighted by Crippen LogP contribution is -2.35. The molecule has 2 rings (SSSR count). The molecule has 17 heavy (non-hydrogen) atoms. The van der Waals surface area contributed by atoms with E-state index in [1.165, 1.54) is 38.9 Å². The average Bonchev–Trinajstić information content (AvgIpc) is 2.39. The van der Waals surface area contributed by atoms with Crippen molar-refractivity contribution in [2.45, 2.75) is 26.2 Å². The minimum atomic E-state index is 0.605. The zero-order valence-electron chi connectivity index (χ0n) is 10.8. The molecule has 2 heteroatoms. The topological polar surface area (TPSA) is 12.5 Å². The number of benzene rings is 1. The maximum absolute atomic E-state index is 5.78. The number of hydrogen-bond acceptors (Lipinski definition) is 2. The molecule has 1 fully saturated rings. The molecular formula is C15H23NO. The van der Waals surface area contributed by atoms with Crippen LogP contribution in [0.25, 0.3) is 0 Å². The minimum absolute atomic E-state index is 0.605. The van der Waals surface area contributed by atoms with Crippen molar-refractivity contribution in [1.82, 2.24) is 4.90 Å². The Balaban J connectivity index is 1.68.